The van der Waals surface area contributed by atoms with E-state index in [0.29, 0.717) is 0 Å². The van der Waals surface area contributed by atoms with Crippen molar-refractivity contribution in [2.75, 3.05) is 0 Å². The first-order valence-corrected chi connectivity index (χ1v) is 4.86. The van der Waals surface area contributed by atoms with Crippen LogP contribution in [0.5, 0.6) is 0 Å². The van der Waals surface area contributed by atoms with Crippen molar-refractivity contribution in [3.8, 4) is 0 Å². The fourth-order valence-corrected chi connectivity index (χ4v) is 1.31. The number of hydrogen-bond donors (Lipinski definition) is 1. The summed E-state index contributed by atoms with van der Waals surface area (Å²) in [5, 5.41) is 13.6. The number of nitrogens with zero attached hydrogens (tertiary/aromatic N) is 1. The molecule has 0 spiro atoms. The SMILES string of the molecule is CC[C@H](O)[C@@H]1CC(C(C)(C)C)=NO1. The van der Waals surface area contributed by atoms with Crippen LogP contribution in [0.15, 0.2) is 5.16 Å². The quantitative estimate of drug-likeness (QED) is 0.714. The van der Waals surface area contributed by atoms with Gasteiger partial charge in [0.25, 0.3) is 0 Å². The van der Waals surface area contributed by atoms with E-state index < -0.39 is 0 Å². The molecule has 1 aliphatic rings. The van der Waals surface area contributed by atoms with Crippen LogP contribution in [-0.2, 0) is 4.84 Å². The fraction of sp³-hybridized carbons (Fsp3) is 0.900. The van der Waals surface area contributed by atoms with Crippen LogP contribution in [0.1, 0.15) is 40.5 Å². The molecule has 0 saturated carbocycles. The predicted octanol–water partition coefficient (Wildman–Crippen LogP) is 1.95. The molecule has 1 heterocycles. The number of aliphatic hydroxyl groups excluding tert-OH is 1. The largest absolute Gasteiger partial charge is 0.389 e. The molecule has 1 rings (SSSR count). The summed E-state index contributed by atoms with van der Waals surface area (Å²) in [5.74, 6) is 0. The van der Waals surface area contributed by atoms with E-state index in [4.69, 9.17) is 4.84 Å². The molecule has 0 aromatic heterocycles. The summed E-state index contributed by atoms with van der Waals surface area (Å²) >= 11 is 0. The van der Waals surface area contributed by atoms with E-state index in [9.17, 15) is 5.11 Å². The topological polar surface area (TPSA) is 41.8 Å². The smallest absolute Gasteiger partial charge is 0.158 e. The lowest BCUT2D eigenvalue weighted by Gasteiger charge is -2.18. The molecule has 0 aromatic rings. The Morgan fingerprint density at radius 3 is 2.62 bits per heavy atom. The third-order valence-corrected chi connectivity index (χ3v) is 2.41. The number of oxime groups is 1. The van der Waals surface area contributed by atoms with Gasteiger partial charge in [-0.2, -0.15) is 0 Å². The molecule has 0 aromatic carbocycles. The van der Waals surface area contributed by atoms with Gasteiger partial charge in [0.2, 0.25) is 0 Å². The maximum atomic E-state index is 9.54. The van der Waals surface area contributed by atoms with Gasteiger partial charge >= 0.3 is 0 Å². The van der Waals surface area contributed by atoms with E-state index in [2.05, 4.69) is 25.9 Å². The van der Waals surface area contributed by atoms with Crippen molar-refractivity contribution in [3.63, 3.8) is 0 Å². The van der Waals surface area contributed by atoms with Crippen molar-refractivity contribution >= 4 is 5.71 Å². The van der Waals surface area contributed by atoms with Gasteiger partial charge in [-0.05, 0) is 6.42 Å². The van der Waals surface area contributed by atoms with Crippen LogP contribution in [0.3, 0.4) is 0 Å². The Bertz CT molecular complexity index is 205. The van der Waals surface area contributed by atoms with Gasteiger partial charge in [-0.1, -0.05) is 32.9 Å². The van der Waals surface area contributed by atoms with Gasteiger partial charge in [-0.15, -0.1) is 0 Å². The monoisotopic (exact) mass is 185 g/mol. The van der Waals surface area contributed by atoms with Crippen molar-refractivity contribution in [1.82, 2.24) is 0 Å². The maximum absolute atomic E-state index is 9.54. The highest BCUT2D eigenvalue weighted by Crippen LogP contribution is 2.27. The zero-order valence-corrected chi connectivity index (χ0v) is 8.87. The summed E-state index contributed by atoms with van der Waals surface area (Å²) < 4.78 is 0. The molecule has 3 heteroatoms. The standard InChI is InChI=1S/C10H19NO2/c1-5-7(12)8-6-9(11-13-8)10(2,3)4/h7-8,12H,5-6H2,1-4H3/t7-,8-/m0/s1. The lowest BCUT2D eigenvalue weighted by atomic mass is 9.86. The van der Waals surface area contributed by atoms with E-state index in [0.717, 1.165) is 18.6 Å². The molecule has 0 bridgehead atoms. The third kappa shape index (κ3) is 2.44. The van der Waals surface area contributed by atoms with Crippen LogP contribution >= 0.6 is 0 Å². The molecule has 76 valence electrons. The van der Waals surface area contributed by atoms with Gasteiger partial charge in [0.05, 0.1) is 11.8 Å². The molecule has 0 radical (unpaired) electrons. The minimum atomic E-state index is -0.386. The maximum Gasteiger partial charge on any atom is 0.158 e. The summed E-state index contributed by atoms with van der Waals surface area (Å²) in [6, 6.07) is 0. The Morgan fingerprint density at radius 1 is 1.62 bits per heavy atom. The van der Waals surface area contributed by atoms with Crippen molar-refractivity contribution in [3.05, 3.63) is 0 Å². The second-order valence-electron chi connectivity index (χ2n) is 4.61. The highest BCUT2D eigenvalue weighted by atomic mass is 16.7. The van der Waals surface area contributed by atoms with Crippen LogP contribution < -0.4 is 0 Å². The Hall–Kier alpha value is -0.570. The summed E-state index contributed by atoms with van der Waals surface area (Å²) in [7, 11) is 0. The van der Waals surface area contributed by atoms with E-state index in [-0.39, 0.29) is 17.6 Å². The van der Waals surface area contributed by atoms with E-state index in [1.165, 1.54) is 0 Å². The third-order valence-electron chi connectivity index (χ3n) is 2.41. The fourth-order valence-electron chi connectivity index (χ4n) is 1.31. The molecule has 0 saturated heterocycles. The van der Waals surface area contributed by atoms with Crippen molar-refractivity contribution in [1.29, 1.82) is 0 Å². The van der Waals surface area contributed by atoms with E-state index in [1.807, 2.05) is 6.92 Å². The summed E-state index contributed by atoms with van der Waals surface area (Å²) in [5.41, 5.74) is 1.10. The van der Waals surface area contributed by atoms with Gasteiger partial charge in [-0.25, -0.2) is 0 Å². The molecular weight excluding hydrogens is 166 g/mol. The molecular formula is C10H19NO2. The molecule has 3 nitrogen and oxygen atoms in total. The van der Waals surface area contributed by atoms with E-state index >= 15 is 0 Å². The number of hydrogen-bond acceptors (Lipinski definition) is 3. The Kier molecular flexibility index (Phi) is 2.96. The normalized spacial score (nSPS) is 25.3. The molecule has 0 fully saturated rings. The zero-order chi connectivity index (χ0) is 10.1. The van der Waals surface area contributed by atoms with Crippen LogP contribution in [0.4, 0.5) is 0 Å². The molecule has 0 aliphatic carbocycles. The van der Waals surface area contributed by atoms with Crippen LogP contribution in [0.25, 0.3) is 0 Å². The molecule has 1 aliphatic heterocycles. The minimum Gasteiger partial charge on any atom is -0.389 e. The average Bonchev–Trinajstić information content (AvgIpc) is 2.50. The second-order valence-corrected chi connectivity index (χ2v) is 4.61. The predicted molar refractivity (Wildman–Crippen MR) is 52.7 cm³/mol. The molecule has 0 unspecified atom stereocenters. The molecule has 1 N–H and O–H groups in total. The molecule has 13 heavy (non-hydrogen) atoms. The van der Waals surface area contributed by atoms with Crippen LogP contribution in [-0.4, -0.2) is 23.0 Å². The van der Waals surface area contributed by atoms with Gasteiger partial charge in [0.15, 0.2) is 6.10 Å². The first-order valence-electron chi connectivity index (χ1n) is 4.86. The summed E-state index contributed by atoms with van der Waals surface area (Å²) in [6.45, 7) is 8.27. The lowest BCUT2D eigenvalue weighted by molar-refractivity contribution is -0.0182. The van der Waals surface area contributed by atoms with Crippen molar-refractivity contribution < 1.29 is 9.94 Å². The van der Waals surface area contributed by atoms with Gasteiger partial charge < -0.3 is 9.94 Å². The van der Waals surface area contributed by atoms with Crippen molar-refractivity contribution in [2.45, 2.75) is 52.7 Å². The first kappa shape index (κ1) is 10.5. The Labute approximate surface area is 79.8 Å². The van der Waals surface area contributed by atoms with Gasteiger partial charge in [0.1, 0.15) is 0 Å². The molecule has 0 amide bonds. The Balaban J connectivity index is 2.52. The van der Waals surface area contributed by atoms with E-state index in [1.54, 1.807) is 0 Å². The second kappa shape index (κ2) is 3.66. The Morgan fingerprint density at radius 2 is 2.23 bits per heavy atom. The number of rotatable bonds is 2. The molecule has 2 atom stereocenters. The highest BCUT2D eigenvalue weighted by molar-refractivity contribution is 5.90. The summed E-state index contributed by atoms with van der Waals surface area (Å²) in [6.07, 6.45) is 0.971. The van der Waals surface area contributed by atoms with Gasteiger partial charge in [0, 0.05) is 11.8 Å². The highest BCUT2D eigenvalue weighted by Gasteiger charge is 2.32. The van der Waals surface area contributed by atoms with Gasteiger partial charge in [-0.3, -0.25) is 0 Å². The van der Waals surface area contributed by atoms with Crippen LogP contribution in [0.2, 0.25) is 0 Å². The lowest BCUT2D eigenvalue weighted by Crippen LogP contribution is -2.28. The summed E-state index contributed by atoms with van der Waals surface area (Å²) in [4.78, 5) is 5.18. The first-order chi connectivity index (χ1) is 5.95. The minimum absolute atomic E-state index is 0.0577. The average molecular weight is 185 g/mol. The van der Waals surface area contributed by atoms with Crippen LogP contribution in [0, 0.1) is 5.41 Å². The van der Waals surface area contributed by atoms with Crippen molar-refractivity contribution in [2.24, 2.45) is 10.6 Å². The number of aliphatic hydroxyl groups is 1. The zero-order valence-electron chi connectivity index (χ0n) is 8.87.